The van der Waals surface area contributed by atoms with Gasteiger partial charge in [-0.25, -0.2) is 14.5 Å². The van der Waals surface area contributed by atoms with Crippen LogP contribution < -0.4 is 20.9 Å². The summed E-state index contributed by atoms with van der Waals surface area (Å²) in [4.78, 5) is 33.9. The summed E-state index contributed by atoms with van der Waals surface area (Å²) in [7, 11) is 3.25. The smallest absolute Gasteiger partial charge is 0.350 e. The van der Waals surface area contributed by atoms with Gasteiger partial charge in [0.15, 0.2) is 5.65 Å². The predicted octanol–water partition coefficient (Wildman–Crippen LogP) is 3.48. The maximum atomic E-state index is 13.8. The third kappa shape index (κ3) is 7.10. The number of hydrogen-bond donors (Lipinski definition) is 1. The Bertz CT molecular complexity index is 1780. The van der Waals surface area contributed by atoms with Crippen LogP contribution in [0.4, 0.5) is 11.4 Å². The highest BCUT2D eigenvalue weighted by molar-refractivity contribution is 7.99. The van der Waals surface area contributed by atoms with Crippen LogP contribution >= 0.6 is 11.9 Å². The molecule has 1 aliphatic rings. The number of morpholine rings is 1. The molecule has 0 atom stereocenters. The number of hydrogen-bond acceptors (Lipinski definition) is 9. The van der Waals surface area contributed by atoms with E-state index in [1.165, 1.54) is 9.08 Å². The summed E-state index contributed by atoms with van der Waals surface area (Å²) in [5.41, 5.74) is 4.16. The van der Waals surface area contributed by atoms with Gasteiger partial charge in [0.2, 0.25) is 0 Å². The van der Waals surface area contributed by atoms with E-state index in [9.17, 15) is 9.59 Å². The summed E-state index contributed by atoms with van der Waals surface area (Å²) in [5, 5.41) is 5.05. The van der Waals surface area contributed by atoms with Crippen LogP contribution in [0.3, 0.4) is 0 Å². The Hall–Kier alpha value is -4.13. The topological polar surface area (TPSA) is 108 Å². The summed E-state index contributed by atoms with van der Waals surface area (Å²) in [6.07, 6.45) is 4.77. The fourth-order valence-corrected chi connectivity index (χ4v) is 5.48. The maximum Gasteiger partial charge on any atom is 0.350 e. The monoisotopic (exact) mass is 603 g/mol. The molecule has 0 spiro atoms. The lowest BCUT2D eigenvalue weighted by Crippen LogP contribution is -2.36. The van der Waals surface area contributed by atoms with Gasteiger partial charge < -0.3 is 19.1 Å². The first-order valence-corrected chi connectivity index (χ1v) is 15.4. The summed E-state index contributed by atoms with van der Waals surface area (Å²) in [6.45, 7) is 3.77. The van der Waals surface area contributed by atoms with E-state index in [1.807, 2.05) is 42.7 Å². The molecule has 43 heavy (non-hydrogen) atoms. The van der Waals surface area contributed by atoms with Gasteiger partial charge in [-0.2, -0.15) is 0 Å². The zero-order valence-electron chi connectivity index (χ0n) is 24.7. The van der Waals surface area contributed by atoms with Crippen molar-refractivity contribution in [2.45, 2.75) is 25.9 Å². The zero-order valence-corrected chi connectivity index (χ0v) is 25.5. The molecule has 0 aliphatic carbocycles. The van der Waals surface area contributed by atoms with Crippen molar-refractivity contribution >= 4 is 39.9 Å². The normalized spacial score (nSPS) is 13.2. The Balaban J connectivity index is 0.00000118. The summed E-state index contributed by atoms with van der Waals surface area (Å²) in [6, 6.07) is 19.5. The van der Waals surface area contributed by atoms with Crippen LogP contribution in [-0.4, -0.2) is 70.5 Å². The van der Waals surface area contributed by atoms with Gasteiger partial charge in [-0.15, -0.1) is 5.10 Å². The van der Waals surface area contributed by atoms with Gasteiger partial charge in [0.05, 0.1) is 30.7 Å². The van der Waals surface area contributed by atoms with Gasteiger partial charge in [-0.1, -0.05) is 30.1 Å². The van der Waals surface area contributed by atoms with Crippen molar-refractivity contribution in [1.29, 1.82) is 0 Å². The van der Waals surface area contributed by atoms with Crippen LogP contribution in [0, 0.1) is 0 Å². The van der Waals surface area contributed by atoms with E-state index in [0.29, 0.717) is 61.5 Å². The number of methoxy groups -OCH3 is 1. The minimum Gasteiger partial charge on any atom is -0.388 e. The molecule has 5 aromatic rings. The number of fused-ring (bicyclic) bond motifs is 2. The first kappa shape index (κ1) is 30.3. The van der Waals surface area contributed by atoms with E-state index >= 15 is 0 Å². The molecule has 1 saturated heterocycles. The Morgan fingerprint density at radius 2 is 1.74 bits per heavy atom. The fourth-order valence-electron chi connectivity index (χ4n) is 5.11. The average molecular weight is 604 g/mol. The van der Waals surface area contributed by atoms with Gasteiger partial charge >= 0.3 is 5.69 Å². The highest BCUT2D eigenvalue weighted by Crippen LogP contribution is 2.21. The molecule has 1 aliphatic heterocycles. The lowest BCUT2D eigenvalue weighted by atomic mass is 10.1. The first-order chi connectivity index (χ1) is 21.0. The number of ether oxygens (including phenoxy) is 2. The Morgan fingerprint density at radius 1 is 0.977 bits per heavy atom. The summed E-state index contributed by atoms with van der Waals surface area (Å²) >= 11 is 1.55. The van der Waals surface area contributed by atoms with E-state index < -0.39 is 0 Å². The van der Waals surface area contributed by atoms with Gasteiger partial charge in [0.25, 0.3) is 5.56 Å². The number of anilines is 2. The van der Waals surface area contributed by atoms with E-state index in [0.717, 1.165) is 30.0 Å². The molecule has 2 aromatic carbocycles. The molecule has 0 amide bonds. The van der Waals surface area contributed by atoms with Crippen LogP contribution in [0.2, 0.25) is 0 Å². The molecule has 1 fully saturated rings. The molecule has 0 radical (unpaired) electrons. The quantitative estimate of drug-likeness (QED) is 0.254. The van der Waals surface area contributed by atoms with Crippen molar-refractivity contribution in [3.63, 3.8) is 0 Å². The SMILES string of the molecule is COC.CSNc1ccc(CCn2c(CCn3nc4ccccn4c3=O)nc3cc(N4CCOCC4)ccc3c2=O)cc1. The molecular formula is C31H37N7O4S. The number of nitrogens with one attached hydrogen (secondary N) is 1. The number of rotatable bonds is 9. The second kappa shape index (κ2) is 14.4. The number of nitrogens with zero attached hydrogens (tertiary/aromatic N) is 6. The number of aryl methyl sites for hydroxylation is 3. The second-order valence-corrected chi connectivity index (χ2v) is 10.7. The number of pyridine rings is 1. The van der Waals surface area contributed by atoms with Gasteiger partial charge in [-0.05, 0) is 54.4 Å². The van der Waals surface area contributed by atoms with Crippen molar-refractivity contribution in [2.75, 3.05) is 56.4 Å². The van der Waals surface area contributed by atoms with Crippen molar-refractivity contribution in [1.82, 2.24) is 23.7 Å². The molecule has 12 heteroatoms. The Labute approximate surface area is 254 Å². The van der Waals surface area contributed by atoms with Crippen molar-refractivity contribution in [3.05, 3.63) is 99.1 Å². The van der Waals surface area contributed by atoms with Crippen LogP contribution in [0.25, 0.3) is 16.6 Å². The molecule has 0 unspecified atom stereocenters. The lowest BCUT2D eigenvalue weighted by Gasteiger charge is -2.29. The highest BCUT2D eigenvalue weighted by Gasteiger charge is 2.16. The highest BCUT2D eigenvalue weighted by atomic mass is 32.2. The van der Waals surface area contributed by atoms with Crippen LogP contribution in [-0.2, 0) is 35.4 Å². The van der Waals surface area contributed by atoms with Crippen molar-refractivity contribution in [2.24, 2.45) is 0 Å². The van der Waals surface area contributed by atoms with Crippen LogP contribution in [0.1, 0.15) is 11.4 Å². The molecule has 226 valence electrons. The largest absolute Gasteiger partial charge is 0.388 e. The molecule has 11 nitrogen and oxygen atoms in total. The fraction of sp³-hybridized carbons (Fsp3) is 0.355. The van der Waals surface area contributed by atoms with E-state index in [-0.39, 0.29) is 11.2 Å². The average Bonchev–Trinajstić information content (AvgIpc) is 3.36. The molecular weight excluding hydrogens is 566 g/mol. The van der Waals surface area contributed by atoms with Crippen molar-refractivity contribution in [3.8, 4) is 0 Å². The third-order valence-corrected chi connectivity index (χ3v) is 7.67. The van der Waals surface area contributed by atoms with Gasteiger partial charge in [-0.3, -0.25) is 13.8 Å². The molecule has 0 bridgehead atoms. The lowest BCUT2D eigenvalue weighted by molar-refractivity contribution is 0.122. The van der Waals surface area contributed by atoms with E-state index in [2.05, 4.69) is 31.6 Å². The van der Waals surface area contributed by atoms with Gasteiger partial charge in [0.1, 0.15) is 5.82 Å². The molecule has 6 rings (SSSR count). The molecule has 3 aromatic heterocycles. The Kier molecular flexibility index (Phi) is 10.1. The molecule has 1 N–H and O–H groups in total. The van der Waals surface area contributed by atoms with E-state index in [4.69, 9.17) is 9.72 Å². The summed E-state index contributed by atoms with van der Waals surface area (Å²) in [5.74, 6) is 0.640. The van der Waals surface area contributed by atoms with Crippen LogP contribution in [0.5, 0.6) is 0 Å². The minimum atomic E-state index is -0.209. The molecule has 0 saturated carbocycles. The van der Waals surface area contributed by atoms with Crippen LogP contribution in [0.15, 0.2) is 76.4 Å². The predicted molar refractivity (Wildman–Crippen MR) is 172 cm³/mol. The van der Waals surface area contributed by atoms with E-state index in [1.54, 1.807) is 49.1 Å². The minimum absolute atomic E-state index is 0.0726. The Morgan fingerprint density at radius 3 is 2.47 bits per heavy atom. The summed E-state index contributed by atoms with van der Waals surface area (Å²) < 4.78 is 17.7. The zero-order chi connectivity index (χ0) is 30.2. The van der Waals surface area contributed by atoms with Gasteiger partial charge in [0, 0.05) is 64.1 Å². The number of aromatic nitrogens is 5. The standard InChI is InChI=1S/C29H31N7O3S.C2H6O/c1-40-32-22-7-5-21(6-8-22)11-14-34-26(12-15-36-29(38)35-13-3-2-4-27(35)31-36)30-25-20-23(9-10-24(25)28(34)37)33-16-18-39-19-17-33;1-3-2/h2-10,13,20,32H,11-12,14-19H2,1H3;1-2H3. The third-order valence-electron chi connectivity index (χ3n) is 7.23. The number of benzene rings is 2. The first-order valence-electron chi connectivity index (χ1n) is 14.2. The maximum absolute atomic E-state index is 13.8. The second-order valence-electron chi connectivity index (χ2n) is 10.1. The molecule has 4 heterocycles. The van der Waals surface area contributed by atoms with Crippen molar-refractivity contribution < 1.29 is 9.47 Å².